The van der Waals surface area contributed by atoms with E-state index in [1.54, 1.807) is 17.6 Å². The second-order valence-electron chi connectivity index (χ2n) is 12.1. The lowest BCUT2D eigenvalue weighted by Gasteiger charge is -2.28. The zero-order chi connectivity index (χ0) is 34.1. The van der Waals surface area contributed by atoms with Gasteiger partial charge < -0.3 is 20.7 Å². The van der Waals surface area contributed by atoms with E-state index in [1.807, 2.05) is 12.1 Å². The van der Waals surface area contributed by atoms with Gasteiger partial charge in [0.25, 0.3) is 10.2 Å². The van der Waals surface area contributed by atoms with Crippen molar-refractivity contribution in [3.05, 3.63) is 34.9 Å². The fourth-order valence-electron chi connectivity index (χ4n) is 5.85. The summed E-state index contributed by atoms with van der Waals surface area (Å²) in [5, 5.41) is 18.0. The quantitative estimate of drug-likeness (QED) is 0.0708. The van der Waals surface area contributed by atoms with Crippen molar-refractivity contribution in [3.8, 4) is 0 Å². The summed E-state index contributed by atoms with van der Waals surface area (Å²) in [6.07, 6.45) is 6.95. The van der Waals surface area contributed by atoms with Crippen LogP contribution in [0.4, 0.5) is 0 Å². The van der Waals surface area contributed by atoms with Crippen LogP contribution in [0.25, 0.3) is 0 Å². The van der Waals surface area contributed by atoms with Gasteiger partial charge in [0.1, 0.15) is 6.04 Å². The molecule has 1 saturated carbocycles. The molecule has 4 amide bonds. The van der Waals surface area contributed by atoms with Crippen LogP contribution in [0, 0.1) is 11.8 Å². The summed E-state index contributed by atoms with van der Waals surface area (Å²) in [6.45, 7) is 1.33. The maximum atomic E-state index is 13.4. The number of benzene rings is 1. The van der Waals surface area contributed by atoms with Gasteiger partial charge in [-0.1, -0.05) is 55.8 Å². The molecule has 6 N–H and O–H groups in total. The average Bonchev–Trinajstić information content (AvgIpc) is 3.07. The number of hydrogen-bond donors (Lipinski definition) is 6. The van der Waals surface area contributed by atoms with Gasteiger partial charge >= 0.3 is 0 Å². The van der Waals surface area contributed by atoms with E-state index >= 15 is 0 Å². The maximum Gasteiger partial charge on any atom is 0.279 e. The molecule has 2 aliphatic rings. The average molecular weight is 701 g/mol. The minimum absolute atomic E-state index is 0.0163. The molecule has 2 atom stereocenters. The van der Waals surface area contributed by atoms with E-state index in [4.69, 9.17) is 21.5 Å². The molecule has 0 spiro atoms. The Balaban J connectivity index is 1.49. The molecule has 47 heavy (non-hydrogen) atoms. The van der Waals surface area contributed by atoms with Crippen molar-refractivity contribution in [2.24, 2.45) is 11.8 Å². The Morgan fingerprint density at radius 2 is 1.64 bits per heavy atom. The van der Waals surface area contributed by atoms with Gasteiger partial charge in [0.05, 0.1) is 13.2 Å². The number of hydroxylamine groups is 1. The number of nitrogens with one attached hydrogen (secondary N) is 5. The first-order chi connectivity index (χ1) is 22.6. The molecule has 1 aromatic carbocycles. The highest BCUT2D eigenvalue weighted by Gasteiger charge is 2.30. The number of morpholine rings is 1. The zero-order valence-electron chi connectivity index (χ0n) is 26.8. The van der Waals surface area contributed by atoms with Gasteiger partial charge in [-0.15, -0.1) is 0 Å². The number of aryl methyl sites for hydroxylation is 1. The smallest absolute Gasteiger partial charge is 0.279 e. The van der Waals surface area contributed by atoms with Crippen LogP contribution in [0.3, 0.4) is 0 Å². The lowest BCUT2D eigenvalue weighted by molar-refractivity contribution is -0.136. The SMILES string of the molecule is O=C(C[C@@H](CCCc1ccc(Cl)cc1)C(=O)N[C@@H](CC1CCCCC1)C(=O)NCCC(=O)NCCNS(=O)(=O)N1CCOCC1)NO. The van der Waals surface area contributed by atoms with Gasteiger partial charge in [0, 0.05) is 56.5 Å². The van der Waals surface area contributed by atoms with Crippen molar-refractivity contribution < 1.29 is 37.5 Å². The molecule has 3 rings (SSSR count). The van der Waals surface area contributed by atoms with Crippen LogP contribution in [0.2, 0.25) is 5.02 Å². The maximum absolute atomic E-state index is 13.4. The normalized spacial score (nSPS) is 17.3. The van der Waals surface area contributed by atoms with Gasteiger partial charge in [0.15, 0.2) is 0 Å². The van der Waals surface area contributed by atoms with Crippen molar-refractivity contribution in [2.45, 2.75) is 76.7 Å². The Morgan fingerprint density at radius 1 is 0.936 bits per heavy atom. The van der Waals surface area contributed by atoms with Crippen LogP contribution in [0.15, 0.2) is 24.3 Å². The van der Waals surface area contributed by atoms with Crippen LogP contribution >= 0.6 is 11.6 Å². The van der Waals surface area contributed by atoms with Gasteiger partial charge in [-0.05, 0) is 49.3 Å². The summed E-state index contributed by atoms with van der Waals surface area (Å²) in [5.74, 6) is -2.42. The van der Waals surface area contributed by atoms with Gasteiger partial charge in [0.2, 0.25) is 23.6 Å². The minimum Gasteiger partial charge on any atom is -0.379 e. The second-order valence-corrected chi connectivity index (χ2v) is 14.2. The van der Waals surface area contributed by atoms with Crippen LogP contribution in [-0.4, -0.2) is 93.5 Å². The van der Waals surface area contributed by atoms with Crippen molar-refractivity contribution in [2.75, 3.05) is 45.9 Å². The molecule has 1 aliphatic carbocycles. The number of rotatable bonds is 19. The Bertz CT molecular complexity index is 1260. The number of carbonyl (C=O) groups excluding carboxylic acids is 4. The van der Waals surface area contributed by atoms with Gasteiger partial charge in [-0.2, -0.15) is 12.7 Å². The highest BCUT2D eigenvalue weighted by atomic mass is 35.5. The van der Waals surface area contributed by atoms with Crippen molar-refractivity contribution in [1.82, 2.24) is 30.5 Å². The summed E-state index contributed by atoms with van der Waals surface area (Å²) in [7, 11) is -3.65. The van der Waals surface area contributed by atoms with Crippen molar-refractivity contribution in [1.29, 1.82) is 0 Å². The van der Waals surface area contributed by atoms with E-state index in [0.717, 1.165) is 37.7 Å². The molecule has 1 heterocycles. The molecular formula is C31H49ClN6O8S. The monoisotopic (exact) mass is 700 g/mol. The van der Waals surface area contributed by atoms with Gasteiger partial charge in [-0.3, -0.25) is 24.4 Å². The van der Waals surface area contributed by atoms with Gasteiger partial charge in [-0.25, -0.2) is 10.2 Å². The van der Waals surface area contributed by atoms with E-state index in [0.29, 0.717) is 43.9 Å². The lowest BCUT2D eigenvalue weighted by atomic mass is 9.84. The lowest BCUT2D eigenvalue weighted by Crippen LogP contribution is -2.50. The molecule has 1 saturated heterocycles. The standard InChI is InChI=1S/C31H49ClN6O8S/c32-26-11-9-23(10-12-26)7-4-8-25(22-29(40)37-43)30(41)36-27(21-24-5-2-1-3-6-24)31(42)34-14-13-28(39)33-15-16-35-47(44,45)38-17-19-46-20-18-38/h9-12,24-25,27,35,43H,1-8,13-22H2,(H,33,39)(H,34,42)(H,36,41)(H,37,40)/t25-,27+/m1/s1. The Hall–Kier alpha value is -2.82. The number of nitrogens with zero attached hydrogens (tertiary/aromatic N) is 1. The van der Waals surface area contributed by atoms with Crippen LogP contribution < -0.4 is 26.2 Å². The second kappa shape index (κ2) is 20.5. The predicted molar refractivity (Wildman–Crippen MR) is 175 cm³/mol. The molecule has 1 aliphatic heterocycles. The molecule has 0 radical (unpaired) electrons. The van der Waals surface area contributed by atoms with Crippen LogP contribution in [0.5, 0.6) is 0 Å². The minimum atomic E-state index is -3.65. The molecule has 0 bridgehead atoms. The summed E-state index contributed by atoms with van der Waals surface area (Å²) in [5.41, 5.74) is 2.63. The fourth-order valence-corrected chi connectivity index (χ4v) is 7.15. The van der Waals surface area contributed by atoms with E-state index in [1.165, 1.54) is 4.31 Å². The van der Waals surface area contributed by atoms with E-state index in [2.05, 4.69) is 20.7 Å². The third-order valence-electron chi connectivity index (χ3n) is 8.48. The first-order valence-corrected chi connectivity index (χ1v) is 18.2. The third-order valence-corrected chi connectivity index (χ3v) is 10.3. The largest absolute Gasteiger partial charge is 0.379 e. The predicted octanol–water partition coefficient (Wildman–Crippen LogP) is 1.42. The number of amides is 4. The summed E-state index contributed by atoms with van der Waals surface area (Å²) >= 11 is 5.97. The number of carbonyl (C=O) groups is 4. The molecule has 0 aromatic heterocycles. The molecule has 0 unspecified atom stereocenters. The Morgan fingerprint density at radius 3 is 2.32 bits per heavy atom. The fraction of sp³-hybridized carbons (Fsp3) is 0.677. The molecule has 264 valence electrons. The molecule has 14 nitrogen and oxygen atoms in total. The third kappa shape index (κ3) is 14.5. The van der Waals surface area contributed by atoms with Crippen LogP contribution in [-0.2, 0) is 40.5 Å². The molecule has 1 aromatic rings. The summed E-state index contributed by atoms with van der Waals surface area (Å²) < 4.78 is 33.6. The first-order valence-electron chi connectivity index (χ1n) is 16.4. The first kappa shape index (κ1) is 38.6. The summed E-state index contributed by atoms with van der Waals surface area (Å²) in [4.78, 5) is 51.1. The van der Waals surface area contributed by atoms with E-state index in [-0.39, 0.29) is 57.4 Å². The Kier molecular flexibility index (Phi) is 16.9. The van der Waals surface area contributed by atoms with Crippen molar-refractivity contribution >= 4 is 45.4 Å². The van der Waals surface area contributed by atoms with E-state index in [9.17, 15) is 27.6 Å². The van der Waals surface area contributed by atoms with Crippen LogP contribution in [0.1, 0.15) is 69.8 Å². The molecule has 2 fully saturated rings. The Labute approximate surface area is 282 Å². The highest BCUT2D eigenvalue weighted by molar-refractivity contribution is 7.87. The number of halogens is 1. The molecular weight excluding hydrogens is 652 g/mol. The van der Waals surface area contributed by atoms with Crippen molar-refractivity contribution in [3.63, 3.8) is 0 Å². The topological polar surface area (TPSA) is 195 Å². The number of ether oxygens (including phenoxy) is 1. The molecule has 16 heteroatoms. The van der Waals surface area contributed by atoms with E-state index < -0.39 is 39.9 Å². The zero-order valence-corrected chi connectivity index (χ0v) is 28.4. The summed E-state index contributed by atoms with van der Waals surface area (Å²) in [6, 6.07) is 6.53. The highest BCUT2D eigenvalue weighted by Crippen LogP contribution is 2.28. The number of hydrogen-bond acceptors (Lipinski definition) is 8.